The van der Waals surface area contributed by atoms with Crippen molar-refractivity contribution >= 4 is 5.97 Å². The Labute approximate surface area is 106 Å². The highest BCUT2D eigenvalue weighted by atomic mass is 16.6. The van der Waals surface area contributed by atoms with Crippen LogP contribution in [0.3, 0.4) is 0 Å². The molecule has 98 valence electrons. The van der Waals surface area contributed by atoms with E-state index in [1.165, 1.54) is 0 Å². The highest BCUT2D eigenvalue weighted by Crippen LogP contribution is 2.08. The maximum atomic E-state index is 11.5. The first-order valence-corrected chi connectivity index (χ1v) is 5.99. The van der Waals surface area contributed by atoms with Crippen LogP contribution in [-0.2, 0) is 20.9 Å². The minimum Gasteiger partial charge on any atom is -0.461 e. The topological polar surface area (TPSA) is 67.8 Å². The first-order valence-electron chi connectivity index (χ1n) is 5.99. The number of hydrogen-bond acceptors (Lipinski definition) is 5. The van der Waals surface area contributed by atoms with E-state index in [9.17, 15) is 4.79 Å². The van der Waals surface area contributed by atoms with Crippen LogP contribution in [0.1, 0.15) is 18.4 Å². The Morgan fingerprint density at radius 2 is 2.22 bits per heavy atom. The third kappa shape index (κ3) is 4.10. The molecule has 0 spiro atoms. The van der Waals surface area contributed by atoms with E-state index < -0.39 is 6.41 Å². The van der Waals surface area contributed by atoms with Gasteiger partial charge in [0.25, 0.3) is 0 Å². The van der Waals surface area contributed by atoms with Crippen molar-refractivity contribution in [2.75, 3.05) is 6.61 Å². The molecule has 1 aliphatic heterocycles. The second-order valence-electron chi connectivity index (χ2n) is 4.23. The molecule has 0 saturated carbocycles. The molecule has 0 bridgehead atoms. The zero-order valence-corrected chi connectivity index (χ0v) is 10.0. The lowest BCUT2D eigenvalue weighted by molar-refractivity contribution is -0.145. The summed E-state index contributed by atoms with van der Waals surface area (Å²) >= 11 is 0. The Morgan fingerprint density at radius 3 is 2.89 bits per heavy atom. The van der Waals surface area contributed by atoms with Crippen LogP contribution < -0.4 is 5.32 Å². The Bertz CT molecular complexity index is 382. The maximum Gasteiger partial charge on any atom is 0.306 e. The lowest BCUT2D eigenvalue weighted by atomic mass is 10.2. The Kier molecular flexibility index (Phi) is 4.69. The molecule has 0 amide bonds. The van der Waals surface area contributed by atoms with Crippen molar-refractivity contribution in [3.05, 3.63) is 35.9 Å². The third-order valence-electron chi connectivity index (χ3n) is 2.77. The molecule has 1 saturated heterocycles. The van der Waals surface area contributed by atoms with Crippen molar-refractivity contribution in [2.45, 2.75) is 31.9 Å². The van der Waals surface area contributed by atoms with Gasteiger partial charge in [-0.05, 0) is 12.0 Å². The van der Waals surface area contributed by atoms with E-state index in [2.05, 4.69) is 5.32 Å². The molecule has 1 fully saturated rings. The maximum absolute atomic E-state index is 11.5. The molecule has 2 atom stereocenters. The van der Waals surface area contributed by atoms with E-state index >= 15 is 0 Å². The summed E-state index contributed by atoms with van der Waals surface area (Å²) in [5.41, 5.74) is 0.976. The van der Waals surface area contributed by atoms with Gasteiger partial charge >= 0.3 is 5.97 Å². The summed E-state index contributed by atoms with van der Waals surface area (Å²) in [6.07, 6.45) is 0.0148. The first-order chi connectivity index (χ1) is 8.74. The van der Waals surface area contributed by atoms with Crippen LogP contribution in [0.5, 0.6) is 0 Å². The number of nitrogens with one attached hydrogen (secondary N) is 1. The summed E-state index contributed by atoms with van der Waals surface area (Å²) in [6, 6.07) is 9.58. The summed E-state index contributed by atoms with van der Waals surface area (Å²) in [6.45, 7) is 0.726. The van der Waals surface area contributed by atoms with Crippen LogP contribution in [0.2, 0.25) is 0 Å². The summed E-state index contributed by atoms with van der Waals surface area (Å²) < 4.78 is 10.1. The summed E-state index contributed by atoms with van der Waals surface area (Å²) in [4.78, 5) is 11.5. The molecule has 1 heterocycles. The SMILES string of the molecule is O=C(CC[C@@H]1COC(O)N1)OCc1ccccc1. The zero-order valence-electron chi connectivity index (χ0n) is 10.0. The molecule has 5 heteroatoms. The number of rotatable bonds is 5. The van der Waals surface area contributed by atoms with E-state index in [0.29, 0.717) is 26.1 Å². The molecule has 2 rings (SSSR count). The Hall–Kier alpha value is -1.43. The van der Waals surface area contributed by atoms with Crippen LogP contribution in [0, 0.1) is 0 Å². The molecule has 1 aromatic rings. The van der Waals surface area contributed by atoms with Gasteiger partial charge in [-0.1, -0.05) is 30.3 Å². The third-order valence-corrected chi connectivity index (χ3v) is 2.77. The highest BCUT2D eigenvalue weighted by Gasteiger charge is 2.22. The van der Waals surface area contributed by atoms with Crippen molar-refractivity contribution in [1.29, 1.82) is 0 Å². The number of aliphatic hydroxyl groups is 1. The van der Waals surface area contributed by atoms with E-state index in [-0.39, 0.29) is 12.0 Å². The number of benzene rings is 1. The number of aliphatic hydroxyl groups excluding tert-OH is 1. The molecule has 5 nitrogen and oxygen atoms in total. The quantitative estimate of drug-likeness (QED) is 0.757. The summed E-state index contributed by atoms with van der Waals surface area (Å²) in [5, 5.41) is 11.9. The van der Waals surface area contributed by atoms with Crippen LogP contribution in [0.4, 0.5) is 0 Å². The van der Waals surface area contributed by atoms with Gasteiger partial charge in [0.1, 0.15) is 6.61 Å². The van der Waals surface area contributed by atoms with Gasteiger partial charge in [-0.25, -0.2) is 0 Å². The van der Waals surface area contributed by atoms with Crippen molar-refractivity contribution in [3.63, 3.8) is 0 Å². The second kappa shape index (κ2) is 6.49. The molecule has 1 unspecified atom stereocenters. The molecule has 0 aromatic heterocycles. The minimum absolute atomic E-state index is 0.0178. The summed E-state index contributed by atoms with van der Waals surface area (Å²) in [7, 11) is 0. The zero-order chi connectivity index (χ0) is 12.8. The van der Waals surface area contributed by atoms with E-state index in [0.717, 1.165) is 5.56 Å². The fourth-order valence-corrected chi connectivity index (χ4v) is 1.77. The molecule has 0 aliphatic carbocycles. The second-order valence-corrected chi connectivity index (χ2v) is 4.23. The van der Waals surface area contributed by atoms with Gasteiger partial charge < -0.3 is 14.6 Å². The minimum atomic E-state index is -0.907. The summed E-state index contributed by atoms with van der Waals surface area (Å²) in [5.74, 6) is -0.234. The molecule has 1 aliphatic rings. The van der Waals surface area contributed by atoms with Crippen LogP contribution in [-0.4, -0.2) is 30.1 Å². The van der Waals surface area contributed by atoms with Crippen LogP contribution in [0.15, 0.2) is 30.3 Å². The first kappa shape index (κ1) is 13.0. The largest absolute Gasteiger partial charge is 0.461 e. The number of esters is 1. The van der Waals surface area contributed by atoms with E-state index in [1.807, 2.05) is 30.3 Å². The Balaban J connectivity index is 1.63. The fourth-order valence-electron chi connectivity index (χ4n) is 1.77. The van der Waals surface area contributed by atoms with Gasteiger partial charge in [0.2, 0.25) is 6.41 Å². The lowest BCUT2D eigenvalue weighted by Gasteiger charge is -2.08. The van der Waals surface area contributed by atoms with Gasteiger partial charge in [0.05, 0.1) is 6.61 Å². The standard InChI is InChI=1S/C13H17NO4/c15-12(7-6-11-9-18-13(16)14-11)17-8-10-4-2-1-3-5-10/h1-5,11,13-14,16H,6-9H2/t11-,13?/m1/s1. The van der Waals surface area contributed by atoms with E-state index in [1.54, 1.807) is 0 Å². The molecular weight excluding hydrogens is 234 g/mol. The molecule has 1 aromatic carbocycles. The van der Waals surface area contributed by atoms with Crippen molar-refractivity contribution in [1.82, 2.24) is 5.32 Å². The van der Waals surface area contributed by atoms with Crippen molar-refractivity contribution in [3.8, 4) is 0 Å². The lowest BCUT2D eigenvalue weighted by Crippen LogP contribution is -2.30. The predicted octanol–water partition coefficient (Wildman–Crippen LogP) is 0.774. The smallest absolute Gasteiger partial charge is 0.306 e. The fraction of sp³-hybridized carbons (Fsp3) is 0.462. The highest BCUT2D eigenvalue weighted by molar-refractivity contribution is 5.69. The van der Waals surface area contributed by atoms with E-state index in [4.69, 9.17) is 14.6 Å². The average Bonchev–Trinajstić information content (AvgIpc) is 2.81. The van der Waals surface area contributed by atoms with Crippen molar-refractivity contribution in [2.24, 2.45) is 0 Å². The molecule has 18 heavy (non-hydrogen) atoms. The number of hydrogen-bond donors (Lipinski definition) is 2. The number of ether oxygens (including phenoxy) is 2. The predicted molar refractivity (Wildman–Crippen MR) is 64.4 cm³/mol. The monoisotopic (exact) mass is 251 g/mol. The molecule has 0 radical (unpaired) electrons. The molecule has 2 N–H and O–H groups in total. The molecular formula is C13H17NO4. The number of carbonyl (C=O) groups excluding carboxylic acids is 1. The van der Waals surface area contributed by atoms with Gasteiger partial charge in [0.15, 0.2) is 0 Å². The van der Waals surface area contributed by atoms with Gasteiger partial charge in [-0.15, -0.1) is 0 Å². The Morgan fingerprint density at radius 1 is 1.44 bits per heavy atom. The number of carbonyl (C=O) groups is 1. The normalized spacial score (nSPS) is 22.9. The van der Waals surface area contributed by atoms with Gasteiger partial charge in [-0.3, -0.25) is 10.1 Å². The van der Waals surface area contributed by atoms with Gasteiger partial charge in [-0.2, -0.15) is 0 Å². The van der Waals surface area contributed by atoms with Gasteiger partial charge in [0, 0.05) is 12.5 Å². The van der Waals surface area contributed by atoms with Crippen LogP contribution in [0.25, 0.3) is 0 Å². The van der Waals surface area contributed by atoms with Crippen LogP contribution >= 0.6 is 0 Å². The van der Waals surface area contributed by atoms with Crippen molar-refractivity contribution < 1.29 is 19.4 Å². The average molecular weight is 251 g/mol.